The van der Waals surface area contributed by atoms with Crippen LogP contribution in [0.5, 0.6) is 0 Å². The quantitative estimate of drug-likeness (QED) is 0.237. The van der Waals surface area contributed by atoms with Crippen molar-refractivity contribution in [2.24, 2.45) is 0 Å². The van der Waals surface area contributed by atoms with Crippen molar-refractivity contribution in [3.8, 4) is 0 Å². The van der Waals surface area contributed by atoms with Gasteiger partial charge in [-0.25, -0.2) is 4.79 Å². The molecular formula is C31H37N3O6. The number of alkyl carbamates (subject to hydrolysis) is 1. The molecule has 3 aromatic rings. The Balaban J connectivity index is 1.64. The number of hydrogen-bond donors (Lipinski definition) is 3. The largest absolute Gasteiger partial charge is 0.481 e. The average molecular weight is 548 g/mol. The van der Waals surface area contributed by atoms with Gasteiger partial charge in [0.05, 0.1) is 17.5 Å². The second-order valence-corrected chi connectivity index (χ2v) is 11.5. The molecule has 0 unspecified atom stereocenters. The first-order chi connectivity index (χ1) is 19.0. The van der Waals surface area contributed by atoms with E-state index < -0.39 is 34.9 Å². The Labute approximate surface area is 233 Å². The fourth-order valence-electron chi connectivity index (χ4n) is 5.49. The maximum absolute atomic E-state index is 14.0. The molecule has 0 spiro atoms. The molecule has 40 heavy (non-hydrogen) atoms. The van der Waals surface area contributed by atoms with Crippen LogP contribution in [0.3, 0.4) is 0 Å². The van der Waals surface area contributed by atoms with E-state index in [0.29, 0.717) is 18.2 Å². The van der Waals surface area contributed by atoms with Crippen molar-refractivity contribution in [3.63, 3.8) is 0 Å². The molecule has 4 rings (SSSR count). The first kappa shape index (κ1) is 28.9. The Hall–Kier alpha value is -4.14. The lowest BCUT2D eigenvalue weighted by molar-refractivity contribution is -0.146. The van der Waals surface area contributed by atoms with Crippen LogP contribution < -0.4 is 5.32 Å². The number of amides is 2. The summed E-state index contributed by atoms with van der Waals surface area (Å²) in [6, 6.07) is 14.6. The number of ketones is 1. The second-order valence-electron chi connectivity index (χ2n) is 11.5. The number of H-pyrrole nitrogens is 1. The minimum atomic E-state index is -1.01. The number of nitrogens with zero attached hydrogens (tertiary/aromatic N) is 1. The maximum atomic E-state index is 14.0. The van der Waals surface area contributed by atoms with Crippen LogP contribution in [0.1, 0.15) is 80.8 Å². The lowest BCUT2D eigenvalue weighted by Gasteiger charge is -2.45. The monoisotopic (exact) mass is 547 g/mol. The van der Waals surface area contributed by atoms with Crippen molar-refractivity contribution in [2.45, 2.75) is 83.5 Å². The number of para-hydroxylation sites is 1. The number of fused-ring (bicyclic) bond motifs is 1. The van der Waals surface area contributed by atoms with Gasteiger partial charge in [-0.15, -0.1) is 0 Å². The van der Waals surface area contributed by atoms with Crippen LogP contribution >= 0.6 is 0 Å². The van der Waals surface area contributed by atoms with Crippen LogP contribution in [0.25, 0.3) is 10.9 Å². The standard InChI is InChI=1S/C31H37N3O6/c1-30(2,3)40-29(39)33-18-21-10-9-11-22(16-21)20-34(31(17-26(35)36)14-7-4-8-15-31)28(38)27(37)24-19-32-25-13-6-5-12-23(24)25/h5-6,9-13,16,19,32H,4,7-8,14-15,17-18,20H2,1-3H3,(H,33,39)(H,35,36). The number of carboxylic acid groups (broad SMARTS) is 1. The summed E-state index contributed by atoms with van der Waals surface area (Å²) in [5, 5.41) is 13.2. The van der Waals surface area contributed by atoms with Gasteiger partial charge >= 0.3 is 12.1 Å². The summed E-state index contributed by atoms with van der Waals surface area (Å²) in [4.78, 5) is 56.4. The first-order valence-electron chi connectivity index (χ1n) is 13.7. The summed E-state index contributed by atoms with van der Waals surface area (Å²) in [6.45, 7) is 5.64. The zero-order valence-corrected chi connectivity index (χ0v) is 23.3. The van der Waals surface area contributed by atoms with Gasteiger partial charge in [-0.1, -0.05) is 61.7 Å². The Bertz CT molecular complexity index is 1400. The van der Waals surface area contributed by atoms with E-state index in [1.807, 2.05) is 36.4 Å². The van der Waals surface area contributed by atoms with Crippen molar-refractivity contribution in [1.82, 2.24) is 15.2 Å². The third-order valence-electron chi connectivity index (χ3n) is 7.28. The normalized spacial score (nSPS) is 14.9. The van der Waals surface area contributed by atoms with Crippen LogP contribution in [0.4, 0.5) is 4.79 Å². The Morgan fingerprint density at radius 2 is 1.70 bits per heavy atom. The van der Waals surface area contributed by atoms with Gasteiger partial charge in [-0.2, -0.15) is 0 Å². The molecule has 9 nitrogen and oxygen atoms in total. The SMILES string of the molecule is CC(C)(C)OC(=O)NCc1cccc(CN(C(=O)C(=O)c2c[nH]c3ccccc23)C2(CC(=O)O)CCCCC2)c1. The van der Waals surface area contributed by atoms with E-state index >= 15 is 0 Å². The number of Topliss-reactive ketones (excluding diaryl/α,β-unsaturated/α-hetero) is 1. The number of carbonyl (C=O) groups is 4. The Morgan fingerprint density at radius 1 is 1.00 bits per heavy atom. The molecule has 1 fully saturated rings. The van der Waals surface area contributed by atoms with Crippen LogP contribution in [0, 0.1) is 0 Å². The number of aliphatic carboxylic acids is 1. The van der Waals surface area contributed by atoms with Crippen LogP contribution in [0.2, 0.25) is 0 Å². The van der Waals surface area contributed by atoms with Gasteiger partial charge in [-0.05, 0) is 50.8 Å². The van der Waals surface area contributed by atoms with Gasteiger partial charge in [0.25, 0.3) is 11.7 Å². The highest BCUT2D eigenvalue weighted by atomic mass is 16.6. The van der Waals surface area contributed by atoms with E-state index in [1.165, 1.54) is 11.1 Å². The molecule has 0 atom stereocenters. The third kappa shape index (κ3) is 6.89. The summed E-state index contributed by atoms with van der Waals surface area (Å²) in [5.41, 5.74) is 0.931. The van der Waals surface area contributed by atoms with Gasteiger partial charge in [-0.3, -0.25) is 14.4 Å². The number of benzene rings is 2. The lowest BCUT2D eigenvalue weighted by atomic mass is 9.77. The van der Waals surface area contributed by atoms with E-state index in [0.717, 1.165) is 35.9 Å². The van der Waals surface area contributed by atoms with Gasteiger partial charge in [0.1, 0.15) is 5.60 Å². The number of rotatable bonds is 9. The average Bonchev–Trinajstić information content (AvgIpc) is 3.33. The molecule has 2 aromatic carbocycles. The van der Waals surface area contributed by atoms with Gasteiger partial charge in [0.15, 0.2) is 0 Å². The molecule has 0 aliphatic heterocycles. The van der Waals surface area contributed by atoms with E-state index in [1.54, 1.807) is 32.9 Å². The second kappa shape index (κ2) is 11.9. The molecule has 1 aliphatic carbocycles. The van der Waals surface area contributed by atoms with Crippen molar-refractivity contribution in [2.75, 3.05) is 0 Å². The molecule has 1 aromatic heterocycles. The predicted molar refractivity (Wildman–Crippen MR) is 151 cm³/mol. The number of ether oxygens (including phenoxy) is 1. The number of carbonyl (C=O) groups excluding carboxylic acids is 3. The molecule has 3 N–H and O–H groups in total. The molecule has 1 saturated carbocycles. The van der Waals surface area contributed by atoms with E-state index in [4.69, 9.17) is 4.74 Å². The lowest BCUT2D eigenvalue weighted by Crippen LogP contribution is -2.55. The number of aromatic amines is 1. The van der Waals surface area contributed by atoms with E-state index in [-0.39, 0.29) is 25.1 Å². The van der Waals surface area contributed by atoms with Gasteiger partial charge in [0.2, 0.25) is 0 Å². The topological polar surface area (TPSA) is 129 Å². The Morgan fingerprint density at radius 3 is 2.40 bits per heavy atom. The zero-order chi connectivity index (χ0) is 28.9. The number of nitrogens with one attached hydrogen (secondary N) is 2. The molecule has 9 heteroatoms. The fraction of sp³-hybridized carbons (Fsp3) is 0.419. The molecule has 0 bridgehead atoms. The molecular weight excluding hydrogens is 510 g/mol. The minimum absolute atomic E-state index is 0.0699. The van der Waals surface area contributed by atoms with Crippen LogP contribution in [0.15, 0.2) is 54.7 Å². The summed E-state index contributed by atoms with van der Waals surface area (Å²) in [6.07, 6.45) is 4.28. The highest BCUT2D eigenvalue weighted by molar-refractivity contribution is 6.45. The maximum Gasteiger partial charge on any atom is 0.407 e. The summed E-state index contributed by atoms with van der Waals surface area (Å²) < 4.78 is 5.31. The highest BCUT2D eigenvalue weighted by Crippen LogP contribution is 2.38. The van der Waals surface area contributed by atoms with Gasteiger partial charge < -0.3 is 25.0 Å². The summed E-state index contributed by atoms with van der Waals surface area (Å²) >= 11 is 0. The fourth-order valence-corrected chi connectivity index (χ4v) is 5.49. The van der Waals surface area contributed by atoms with Crippen LogP contribution in [-0.2, 0) is 27.4 Å². The number of hydrogen-bond acceptors (Lipinski definition) is 5. The molecule has 1 heterocycles. The van der Waals surface area contributed by atoms with Crippen molar-refractivity contribution in [3.05, 3.63) is 71.4 Å². The number of carboxylic acids is 1. The Kier molecular flexibility index (Phi) is 8.61. The predicted octanol–water partition coefficient (Wildman–Crippen LogP) is 5.58. The molecule has 0 saturated heterocycles. The highest BCUT2D eigenvalue weighted by Gasteiger charge is 2.44. The van der Waals surface area contributed by atoms with Crippen molar-refractivity contribution in [1.29, 1.82) is 0 Å². The summed E-state index contributed by atoms with van der Waals surface area (Å²) in [5.74, 6) is -2.39. The zero-order valence-electron chi connectivity index (χ0n) is 23.3. The smallest absolute Gasteiger partial charge is 0.407 e. The first-order valence-corrected chi connectivity index (χ1v) is 13.7. The molecule has 0 radical (unpaired) electrons. The van der Waals surface area contributed by atoms with Crippen LogP contribution in [-0.4, -0.2) is 49.9 Å². The van der Waals surface area contributed by atoms with E-state index in [9.17, 15) is 24.3 Å². The van der Waals surface area contributed by atoms with Gasteiger partial charge in [0, 0.05) is 30.2 Å². The minimum Gasteiger partial charge on any atom is -0.481 e. The molecule has 2 amide bonds. The number of aromatic nitrogens is 1. The third-order valence-corrected chi connectivity index (χ3v) is 7.28. The van der Waals surface area contributed by atoms with E-state index in [2.05, 4.69) is 10.3 Å². The van der Waals surface area contributed by atoms with Crippen molar-refractivity contribution >= 4 is 34.7 Å². The molecule has 212 valence electrons. The molecule has 1 aliphatic rings. The summed E-state index contributed by atoms with van der Waals surface area (Å²) in [7, 11) is 0. The van der Waals surface area contributed by atoms with Crippen molar-refractivity contribution < 1.29 is 29.0 Å².